The van der Waals surface area contributed by atoms with Crippen LogP contribution < -0.4 is 4.90 Å². The number of aliphatic imine (C=N–C) groups is 1. The number of carboxylic acids is 1. The van der Waals surface area contributed by atoms with Crippen molar-refractivity contribution in [2.45, 2.75) is 52.1 Å². The molecule has 2 aliphatic rings. The van der Waals surface area contributed by atoms with Crippen LogP contribution in [0.1, 0.15) is 65.7 Å². The number of hydrogen-bond donors (Lipinski definition) is 1. The van der Waals surface area contributed by atoms with Crippen LogP contribution in [0, 0.1) is 6.92 Å². The molecule has 7 heteroatoms. The zero-order chi connectivity index (χ0) is 27.9. The Morgan fingerprint density at radius 1 is 1.13 bits per heavy atom. The summed E-state index contributed by atoms with van der Waals surface area (Å²) >= 11 is 1.37. The molecule has 1 unspecified atom stereocenters. The number of amidine groups is 1. The Bertz CT molecular complexity index is 1490. The number of nitrogens with zero attached hydrogens (tertiary/aromatic N) is 3. The van der Waals surface area contributed by atoms with Gasteiger partial charge in [0.2, 0.25) is 0 Å². The Hall–Kier alpha value is -3.84. The lowest BCUT2D eigenvalue weighted by molar-refractivity contribution is -0.122. The van der Waals surface area contributed by atoms with Crippen LogP contribution >= 0.6 is 11.8 Å². The van der Waals surface area contributed by atoms with Gasteiger partial charge in [-0.1, -0.05) is 37.3 Å². The molecule has 5 rings (SSSR count). The van der Waals surface area contributed by atoms with Crippen LogP contribution in [0.5, 0.6) is 0 Å². The van der Waals surface area contributed by atoms with Gasteiger partial charge in [-0.2, -0.15) is 0 Å². The van der Waals surface area contributed by atoms with Gasteiger partial charge in [0.05, 0.1) is 22.7 Å². The molecule has 39 heavy (non-hydrogen) atoms. The molecule has 0 saturated carbocycles. The summed E-state index contributed by atoms with van der Waals surface area (Å²) in [5, 5.41) is 9.84. The van der Waals surface area contributed by atoms with Crippen molar-refractivity contribution >= 4 is 46.3 Å². The molecule has 6 nitrogen and oxygen atoms in total. The molecule has 1 atom stereocenters. The third-order valence-electron chi connectivity index (χ3n) is 7.72. The molecule has 200 valence electrons. The van der Waals surface area contributed by atoms with Gasteiger partial charge in [0, 0.05) is 18.3 Å². The van der Waals surface area contributed by atoms with Gasteiger partial charge in [-0.05, 0) is 110 Å². The first-order valence-corrected chi connectivity index (χ1v) is 13.9. The summed E-state index contributed by atoms with van der Waals surface area (Å²) in [5.74, 6) is -0.674. The number of para-hydroxylation sites is 1. The number of benzene rings is 3. The largest absolute Gasteiger partial charge is 0.478 e. The minimum absolute atomic E-state index is 0.0854. The molecule has 0 spiro atoms. The fraction of sp³-hybridized carbons (Fsp3) is 0.281. The van der Waals surface area contributed by atoms with Crippen molar-refractivity contribution in [1.29, 1.82) is 0 Å². The predicted molar refractivity (Wildman–Crippen MR) is 160 cm³/mol. The number of carbonyl (C=O) groups excluding carboxylic acids is 1. The third-order valence-corrected chi connectivity index (χ3v) is 8.73. The Balaban J connectivity index is 1.51. The van der Waals surface area contributed by atoms with E-state index in [1.807, 2.05) is 36.4 Å². The molecule has 0 radical (unpaired) electrons. The van der Waals surface area contributed by atoms with Gasteiger partial charge in [-0.3, -0.25) is 9.69 Å². The number of aryl methyl sites for hydroxylation is 1. The van der Waals surface area contributed by atoms with Crippen molar-refractivity contribution in [2.75, 3.05) is 11.9 Å². The second kappa shape index (κ2) is 10.4. The lowest BCUT2D eigenvalue weighted by atomic mass is 9.79. The number of thioether (sulfide) groups is 1. The van der Waals surface area contributed by atoms with Gasteiger partial charge in [0.15, 0.2) is 5.17 Å². The average Bonchev–Trinajstić information content (AvgIpc) is 3.17. The number of rotatable bonds is 5. The van der Waals surface area contributed by atoms with Gasteiger partial charge in [-0.25, -0.2) is 9.79 Å². The number of carboxylic acid groups (broad SMARTS) is 1. The molecule has 3 aromatic carbocycles. The SMILES string of the molecule is Cc1cc2c(cc1/C=C1/SC(=Nc3ccccc3)N(Cc3ccc(C(=O)O)cc3)C1=O)C(C)CC(C)(C)N2C. The van der Waals surface area contributed by atoms with Crippen molar-refractivity contribution in [2.24, 2.45) is 4.99 Å². The van der Waals surface area contributed by atoms with E-state index in [1.54, 1.807) is 29.2 Å². The zero-order valence-corrected chi connectivity index (χ0v) is 23.7. The first-order chi connectivity index (χ1) is 18.5. The molecule has 2 aliphatic heterocycles. The Kier molecular flexibility index (Phi) is 7.12. The van der Waals surface area contributed by atoms with Crippen LogP contribution in [0.4, 0.5) is 11.4 Å². The number of hydrogen-bond acceptors (Lipinski definition) is 5. The lowest BCUT2D eigenvalue weighted by Crippen LogP contribution is -2.45. The van der Waals surface area contributed by atoms with Crippen LogP contribution in [0.25, 0.3) is 6.08 Å². The summed E-state index contributed by atoms with van der Waals surface area (Å²) in [4.78, 5) is 34.5. The van der Waals surface area contributed by atoms with Crippen LogP contribution in [0.2, 0.25) is 0 Å². The molecule has 2 heterocycles. The molecule has 0 aromatic heterocycles. The van der Waals surface area contributed by atoms with Crippen molar-refractivity contribution in [3.8, 4) is 0 Å². The lowest BCUT2D eigenvalue weighted by Gasteiger charge is -2.45. The van der Waals surface area contributed by atoms with Crippen molar-refractivity contribution < 1.29 is 14.7 Å². The summed E-state index contributed by atoms with van der Waals surface area (Å²) < 4.78 is 0. The highest BCUT2D eigenvalue weighted by molar-refractivity contribution is 8.18. The minimum atomic E-state index is -0.976. The standard InChI is InChI=1S/C32H33N3O3S/c1-20-15-27-26(21(2)18-32(3,4)34(27)5)16-24(20)17-28-29(36)35(19-22-11-13-23(14-12-22)30(37)38)31(39-28)33-25-9-7-6-8-10-25/h6-17,21H,18-19H2,1-5H3,(H,37,38)/b28-17+,33-31?. The molecule has 0 bridgehead atoms. The van der Waals surface area contributed by atoms with E-state index in [1.165, 1.54) is 23.0 Å². The summed E-state index contributed by atoms with van der Waals surface area (Å²) in [5.41, 5.74) is 6.62. The highest BCUT2D eigenvalue weighted by Gasteiger charge is 2.36. The number of carbonyl (C=O) groups is 2. The highest BCUT2D eigenvalue weighted by Crippen LogP contribution is 2.44. The topological polar surface area (TPSA) is 73.2 Å². The quantitative estimate of drug-likeness (QED) is 0.347. The van der Waals surface area contributed by atoms with Gasteiger partial charge in [0.25, 0.3) is 5.91 Å². The zero-order valence-electron chi connectivity index (χ0n) is 22.9. The van der Waals surface area contributed by atoms with Crippen LogP contribution in [-0.4, -0.2) is 39.6 Å². The van der Waals surface area contributed by atoms with E-state index < -0.39 is 5.97 Å². The molecular formula is C32H33N3O3S. The van der Waals surface area contributed by atoms with Gasteiger partial charge in [-0.15, -0.1) is 0 Å². The first-order valence-electron chi connectivity index (χ1n) is 13.1. The average molecular weight is 540 g/mol. The smallest absolute Gasteiger partial charge is 0.335 e. The molecule has 1 N–H and O–H groups in total. The van der Waals surface area contributed by atoms with Crippen LogP contribution in [-0.2, 0) is 11.3 Å². The molecule has 3 aromatic rings. The number of anilines is 1. The van der Waals surface area contributed by atoms with Gasteiger partial charge >= 0.3 is 5.97 Å². The fourth-order valence-electron chi connectivity index (χ4n) is 5.31. The summed E-state index contributed by atoms with van der Waals surface area (Å²) in [7, 11) is 2.16. The maximum absolute atomic E-state index is 13.7. The van der Waals surface area contributed by atoms with E-state index in [0.29, 0.717) is 22.5 Å². The normalized spacial score (nSPS) is 20.5. The number of amides is 1. The fourth-order valence-corrected chi connectivity index (χ4v) is 6.30. The molecule has 0 aliphatic carbocycles. The molecule has 1 fully saturated rings. The van der Waals surface area contributed by atoms with Crippen molar-refractivity contribution in [3.63, 3.8) is 0 Å². The number of fused-ring (bicyclic) bond motifs is 1. The van der Waals surface area contributed by atoms with E-state index in [9.17, 15) is 14.7 Å². The monoisotopic (exact) mass is 539 g/mol. The maximum Gasteiger partial charge on any atom is 0.335 e. The van der Waals surface area contributed by atoms with E-state index >= 15 is 0 Å². The first kappa shape index (κ1) is 26.8. The Morgan fingerprint density at radius 3 is 2.49 bits per heavy atom. The van der Waals surface area contributed by atoms with Crippen molar-refractivity contribution in [1.82, 2.24) is 4.90 Å². The summed E-state index contributed by atoms with van der Waals surface area (Å²) in [6.45, 7) is 9.23. The van der Waals surface area contributed by atoms with E-state index in [2.05, 4.69) is 51.8 Å². The third kappa shape index (κ3) is 5.36. The minimum Gasteiger partial charge on any atom is -0.478 e. The highest BCUT2D eigenvalue weighted by atomic mass is 32.2. The maximum atomic E-state index is 13.7. The molecule has 1 saturated heterocycles. The van der Waals surface area contributed by atoms with Gasteiger partial charge in [0.1, 0.15) is 0 Å². The van der Waals surface area contributed by atoms with Crippen molar-refractivity contribution in [3.05, 3.63) is 99.5 Å². The van der Waals surface area contributed by atoms with Gasteiger partial charge < -0.3 is 10.0 Å². The Labute approximate surface area is 234 Å². The van der Waals surface area contributed by atoms with Crippen LogP contribution in [0.15, 0.2) is 76.6 Å². The van der Waals surface area contributed by atoms with E-state index in [0.717, 1.165) is 28.8 Å². The number of aromatic carboxylic acids is 1. The summed E-state index contributed by atoms with van der Waals surface area (Å²) in [6, 6.07) is 20.7. The van der Waals surface area contributed by atoms with Crippen LogP contribution in [0.3, 0.4) is 0 Å². The Morgan fingerprint density at radius 2 is 1.82 bits per heavy atom. The van der Waals surface area contributed by atoms with E-state index in [-0.39, 0.29) is 17.0 Å². The molecule has 1 amide bonds. The second-order valence-corrected chi connectivity index (χ2v) is 12.0. The second-order valence-electron chi connectivity index (χ2n) is 11.0. The predicted octanol–water partition coefficient (Wildman–Crippen LogP) is 7.22. The van der Waals surface area contributed by atoms with E-state index in [4.69, 9.17) is 4.99 Å². The molecular weight excluding hydrogens is 506 g/mol. The summed E-state index contributed by atoms with van der Waals surface area (Å²) in [6.07, 6.45) is 3.05.